The quantitative estimate of drug-likeness (QED) is 0.697. The number of amides is 1. The first-order valence-electron chi connectivity index (χ1n) is 9.70. The third kappa shape index (κ3) is 4.82. The van der Waals surface area contributed by atoms with Crippen LogP contribution >= 0.6 is 0 Å². The molecule has 1 fully saturated rings. The SMILES string of the molecule is CC(=O)Nc1cccc(Nc2nccc(N3CCN(c4ccccc4)CC3)n2)c1. The van der Waals surface area contributed by atoms with Crippen molar-refractivity contribution in [1.29, 1.82) is 0 Å². The van der Waals surface area contributed by atoms with Gasteiger partial charge in [0.1, 0.15) is 5.82 Å². The minimum absolute atomic E-state index is 0.102. The van der Waals surface area contributed by atoms with E-state index in [4.69, 9.17) is 0 Å². The molecule has 1 aromatic heterocycles. The molecule has 0 radical (unpaired) electrons. The molecule has 0 saturated carbocycles. The monoisotopic (exact) mass is 388 g/mol. The molecule has 1 amide bonds. The van der Waals surface area contributed by atoms with E-state index >= 15 is 0 Å². The molecule has 0 unspecified atom stereocenters. The zero-order valence-electron chi connectivity index (χ0n) is 16.4. The van der Waals surface area contributed by atoms with E-state index in [-0.39, 0.29) is 5.91 Å². The van der Waals surface area contributed by atoms with Gasteiger partial charge in [0.05, 0.1) is 0 Å². The minimum atomic E-state index is -0.102. The van der Waals surface area contributed by atoms with Crippen molar-refractivity contribution in [2.24, 2.45) is 0 Å². The van der Waals surface area contributed by atoms with Crippen molar-refractivity contribution in [1.82, 2.24) is 9.97 Å². The molecule has 0 bridgehead atoms. The normalized spacial score (nSPS) is 13.8. The number of hydrogen-bond donors (Lipinski definition) is 2. The van der Waals surface area contributed by atoms with Gasteiger partial charge in [-0.25, -0.2) is 4.98 Å². The van der Waals surface area contributed by atoms with Crippen LogP contribution in [0.5, 0.6) is 0 Å². The number of aromatic nitrogens is 2. The van der Waals surface area contributed by atoms with Gasteiger partial charge in [-0.15, -0.1) is 0 Å². The largest absolute Gasteiger partial charge is 0.368 e. The highest BCUT2D eigenvalue weighted by Crippen LogP contribution is 2.22. The molecular weight excluding hydrogens is 364 g/mol. The highest BCUT2D eigenvalue weighted by Gasteiger charge is 2.18. The number of carbonyl (C=O) groups is 1. The van der Waals surface area contributed by atoms with Crippen LogP contribution in [-0.2, 0) is 4.79 Å². The van der Waals surface area contributed by atoms with Gasteiger partial charge in [-0.1, -0.05) is 24.3 Å². The van der Waals surface area contributed by atoms with Crippen LogP contribution in [0.4, 0.5) is 28.8 Å². The second-order valence-corrected chi connectivity index (χ2v) is 6.94. The number of rotatable bonds is 5. The molecule has 2 N–H and O–H groups in total. The molecule has 29 heavy (non-hydrogen) atoms. The zero-order chi connectivity index (χ0) is 20.1. The number of anilines is 5. The number of para-hydroxylation sites is 1. The first kappa shape index (κ1) is 18.7. The van der Waals surface area contributed by atoms with Gasteiger partial charge in [0.25, 0.3) is 0 Å². The predicted octanol–water partition coefficient (Wildman–Crippen LogP) is 3.51. The fraction of sp³-hybridized carbons (Fsp3) is 0.227. The summed E-state index contributed by atoms with van der Waals surface area (Å²) < 4.78 is 0. The van der Waals surface area contributed by atoms with Crippen molar-refractivity contribution < 1.29 is 4.79 Å². The Hall–Kier alpha value is -3.61. The highest BCUT2D eigenvalue weighted by atomic mass is 16.1. The molecule has 1 aliphatic rings. The van der Waals surface area contributed by atoms with Crippen molar-refractivity contribution in [3.05, 3.63) is 66.9 Å². The third-order valence-corrected chi connectivity index (χ3v) is 4.80. The van der Waals surface area contributed by atoms with E-state index in [2.05, 4.69) is 54.7 Å². The fourth-order valence-corrected chi connectivity index (χ4v) is 3.43. The summed E-state index contributed by atoms with van der Waals surface area (Å²) in [4.78, 5) is 24.9. The van der Waals surface area contributed by atoms with Gasteiger partial charge in [0.2, 0.25) is 11.9 Å². The molecule has 1 aliphatic heterocycles. The summed E-state index contributed by atoms with van der Waals surface area (Å²) in [5, 5.41) is 6.00. The molecule has 4 rings (SSSR count). The van der Waals surface area contributed by atoms with E-state index in [1.165, 1.54) is 12.6 Å². The van der Waals surface area contributed by atoms with Gasteiger partial charge < -0.3 is 20.4 Å². The minimum Gasteiger partial charge on any atom is -0.368 e. The molecule has 0 spiro atoms. The van der Waals surface area contributed by atoms with E-state index in [1.54, 1.807) is 6.20 Å². The van der Waals surface area contributed by atoms with Crippen molar-refractivity contribution in [2.75, 3.05) is 46.6 Å². The maximum absolute atomic E-state index is 11.3. The molecule has 7 heteroatoms. The average Bonchev–Trinajstić information content (AvgIpc) is 2.74. The van der Waals surface area contributed by atoms with Crippen molar-refractivity contribution in [3.8, 4) is 0 Å². The van der Waals surface area contributed by atoms with Crippen molar-refractivity contribution >= 4 is 34.7 Å². The second-order valence-electron chi connectivity index (χ2n) is 6.94. The number of benzene rings is 2. The van der Waals surface area contributed by atoms with Gasteiger partial charge in [-0.05, 0) is 36.4 Å². The number of nitrogens with one attached hydrogen (secondary N) is 2. The van der Waals surface area contributed by atoms with Crippen LogP contribution in [0, 0.1) is 0 Å². The van der Waals surface area contributed by atoms with Crippen LogP contribution in [0.2, 0.25) is 0 Å². The lowest BCUT2D eigenvalue weighted by Gasteiger charge is -2.36. The Balaban J connectivity index is 1.41. The summed E-state index contributed by atoms with van der Waals surface area (Å²) in [6.45, 7) is 5.21. The summed E-state index contributed by atoms with van der Waals surface area (Å²) in [6.07, 6.45) is 1.77. The van der Waals surface area contributed by atoms with Gasteiger partial charge in [0.15, 0.2) is 0 Å². The molecule has 2 aromatic carbocycles. The zero-order valence-corrected chi connectivity index (χ0v) is 16.4. The second kappa shape index (κ2) is 8.60. The Morgan fingerprint density at radius 2 is 1.62 bits per heavy atom. The standard InChI is InChI=1S/C22H24N6O/c1-17(29)24-18-6-5-7-19(16-18)25-22-23-11-10-21(26-22)28-14-12-27(13-15-28)20-8-3-2-4-9-20/h2-11,16H,12-15H2,1H3,(H,24,29)(H,23,25,26). The smallest absolute Gasteiger partial charge is 0.229 e. The Morgan fingerprint density at radius 1 is 0.897 bits per heavy atom. The third-order valence-electron chi connectivity index (χ3n) is 4.80. The van der Waals surface area contributed by atoms with Crippen molar-refractivity contribution in [2.45, 2.75) is 6.92 Å². The van der Waals surface area contributed by atoms with Gasteiger partial charge in [-0.2, -0.15) is 4.98 Å². The molecule has 0 aliphatic carbocycles. The van der Waals surface area contributed by atoms with Gasteiger partial charge in [-0.3, -0.25) is 4.79 Å². The molecule has 7 nitrogen and oxygen atoms in total. The van der Waals surface area contributed by atoms with E-state index in [9.17, 15) is 4.79 Å². The first-order chi connectivity index (χ1) is 14.2. The number of piperazine rings is 1. The summed E-state index contributed by atoms with van der Waals surface area (Å²) >= 11 is 0. The Morgan fingerprint density at radius 3 is 2.38 bits per heavy atom. The van der Waals surface area contributed by atoms with Crippen LogP contribution in [0.25, 0.3) is 0 Å². The van der Waals surface area contributed by atoms with Crippen LogP contribution in [-0.4, -0.2) is 42.1 Å². The molecule has 2 heterocycles. The molecule has 0 atom stereocenters. The van der Waals surface area contributed by atoms with Gasteiger partial charge >= 0.3 is 0 Å². The van der Waals surface area contributed by atoms with E-state index in [0.29, 0.717) is 5.95 Å². The summed E-state index contributed by atoms with van der Waals surface area (Å²) in [6, 6.07) is 19.9. The van der Waals surface area contributed by atoms with Crippen LogP contribution < -0.4 is 20.4 Å². The van der Waals surface area contributed by atoms with Crippen LogP contribution in [0.15, 0.2) is 66.9 Å². The van der Waals surface area contributed by atoms with E-state index < -0.39 is 0 Å². The van der Waals surface area contributed by atoms with Crippen molar-refractivity contribution in [3.63, 3.8) is 0 Å². The first-order valence-corrected chi connectivity index (χ1v) is 9.70. The topological polar surface area (TPSA) is 73.4 Å². The number of hydrogen-bond acceptors (Lipinski definition) is 6. The Kier molecular flexibility index (Phi) is 5.56. The average molecular weight is 388 g/mol. The lowest BCUT2D eigenvalue weighted by atomic mass is 10.2. The Bertz CT molecular complexity index is 970. The van der Waals surface area contributed by atoms with Crippen LogP contribution in [0.3, 0.4) is 0 Å². The lowest BCUT2D eigenvalue weighted by Crippen LogP contribution is -2.46. The maximum Gasteiger partial charge on any atom is 0.229 e. The molecular formula is C22H24N6O. The number of carbonyl (C=O) groups excluding carboxylic acids is 1. The van der Waals surface area contributed by atoms with E-state index in [0.717, 1.165) is 43.4 Å². The molecule has 148 valence electrons. The fourth-order valence-electron chi connectivity index (χ4n) is 3.43. The predicted molar refractivity (Wildman–Crippen MR) is 117 cm³/mol. The number of nitrogens with zero attached hydrogens (tertiary/aromatic N) is 4. The van der Waals surface area contributed by atoms with Gasteiger partial charge in [0, 0.05) is 56.4 Å². The lowest BCUT2D eigenvalue weighted by molar-refractivity contribution is -0.114. The summed E-state index contributed by atoms with van der Waals surface area (Å²) in [7, 11) is 0. The van der Waals surface area contributed by atoms with Crippen LogP contribution in [0.1, 0.15) is 6.92 Å². The van der Waals surface area contributed by atoms with E-state index in [1.807, 2.05) is 36.4 Å². The molecule has 3 aromatic rings. The highest BCUT2D eigenvalue weighted by molar-refractivity contribution is 5.89. The molecule has 1 saturated heterocycles. The Labute approximate surface area is 170 Å². The maximum atomic E-state index is 11.3. The summed E-state index contributed by atoms with van der Waals surface area (Å²) in [5.41, 5.74) is 2.81. The summed E-state index contributed by atoms with van der Waals surface area (Å²) in [5.74, 6) is 1.34.